The fourth-order valence-corrected chi connectivity index (χ4v) is 2.90. The minimum absolute atomic E-state index is 0.331. The van der Waals surface area contributed by atoms with Crippen molar-refractivity contribution >= 4 is 27.3 Å². The van der Waals surface area contributed by atoms with Crippen molar-refractivity contribution in [3.05, 3.63) is 50.9 Å². The molecule has 2 N–H and O–H groups in total. The van der Waals surface area contributed by atoms with E-state index in [1.807, 2.05) is 17.6 Å². The molecule has 1 aromatic carbocycles. The molecule has 84 valence electrons. The van der Waals surface area contributed by atoms with Gasteiger partial charge in [0.25, 0.3) is 0 Å². The van der Waals surface area contributed by atoms with Gasteiger partial charge < -0.3 is 5.73 Å². The van der Waals surface area contributed by atoms with Crippen molar-refractivity contribution < 1.29 is 0 Å². The van der Waals surface area contributed by atoms with Gasteiger partial charge in [-0.1, -0.05) is 34.1 Å². The molecular formula is C12H13BrN2S. The Hall–Kier alpha value is -0.710. The Morgan fingerprint density at radius 1 is 1.38 bits per heavy atom. The number of aromatic nitrogens is 1. The van der Waals surface area contributed by atoms with Crippen molar-refractivity contribution in [3.8, 4) is 0 Å². The molecule has 0 radical (unpaired) electrons. The molecule has 0 spiro atoms. The first kappa shape index (κ1) is 11.8. The summed E-state index contributed by atoms with van der Waals surface area (Å²) in [5.41, 5.74) is 10.1. The van der Waals surface area contributed by atoms with Crippen molar-refractivity contribution in [2.75, 3.05) is 6.54 Å². The minimum Gasteiger partial charge on any atom is -0.330 e. The van der Waals surface area contributed by atoms with Gasteiger partial charge in [0, 0.05) is 15.8 Å². The number of hydrogen-bond acceptors (Lipinski definition) is 3. The standard InChI is InChI=1S/C12H13BrN2S/c13-12-4-2-1-3-11(12)9(6-14)5-10-7-16-8-15-10/h1-4,7-9H,5-6,14H2. The Bertz CT molecular complexity index is 442. The van der Waals surface area contributed by atoms with E-state index in [1.54, 1.807) is 11.3 Å². The van der Waals surface area contributed by atoms with Crippen LogP contribution in [0, 0.1) is 0 Å². The normalized spacial score (nSPS) is 12.6. The second-order valence-electron chi connectivity index (χ2n) is 3.64. The first-order chi connectivity index (χ1) is 7.81. The van der Waals surface area contributed by atoms with Crippen LogP contribution < -0.4 is 5.73 Å². The van der Waals surface area contributed by atoms with Crippen LogP contribution in [0.15, 0.2) is 39.6 Å². The number of rotatable bonds is 4. The van der Waals surface area contributed by atoms with E-state index in [4.69, 9.17) is 5.73 Å². The first-order valence-electron chi connectivity index (χ1n) is 5.13. The zero-order chi connectivity index (χ0) is 11.4. The zero-order valence-electron chi connectivity index (χ0n) is 8.77. The maximum atomic E-state index is 5.85. The summed E-state index contributed by atoms with van der Waals surface area (Å²) in [6.07, 6.45) is 0.905. The molecule has 2 aromatic rings. The molecule has 1 unspecified atom stereocenters. The molecule has 0 fully saturated rings. The lowest BCUT2D eigenvalue weighted by Crippen LogP contribution is -2.15. The molecule has 1 atom stereocenters. The third-order valence-corrected chi connectivity index (χ3v) is 3.93. The van der Waals surface area contributed by atoms with Gasteiger partial charge in [-0.2, -0.15) is 0 Å². The molecule has 4 heteroatoms. The average molecular weight is 297 g/mol. The summed E-state index contributed by atoms with van der Waals surface area (Å²) in [7, 11) is 0. The lowest BCUT2D eigenvalue weighted by Gasteiger charge is -2.15. The van der Waals surface area contributed by atoms with Gasteiger partial charge >= 0.3 is 0 Å². The third kappa shape index (κ3) is 2.70. The SMILES string of the molecule is NCC(Cc1cscn1)c1ccccc1Br. The predicted octanol–water partition coefficient (Wildman–Crippen LogP) is 3.19. The van der Waals surface area contributed by atoms with Crippen LogP contribution >= 0.6 is 27.3 Å². The van der Waals surface area contributed by atoms with Gasteiger partial charge in [-0.05, 0) is 24.6 Å². The van der Waals surface area contributed by atoms with E-state index in [1.165, 1.54) is 5.56 Å². The predicted molar refractivity (Wildman–Crippen MR) is 71.8 cm³/mol. The molecule has 1 heterocycles. The molecule has 16 heavy (non-hydrogen) atoms. The summed E-state index contributed by atoms with van der Waals surface area (Å²) in [5.74, 6) is 0.331. The largest absolute Gasteiger partial charge is 0.330 e. The summed E-state index contributed by atoms with van der Waals surface area (Å²) in [6, 6.07) is 8.24. The van der Waals surface area contributed by atoms with E-state index in [2.05, 4.69) is 38.4 Å². The maximum absolute atomic E-state index is 5.85. The summed E-state index contributed by atoms with van der Waals surface area (Å²) in [6.45, 7) is 0.639. The lowest BCUT2D eigenvalue weighted by atomic mass is 9.95. The fourth-order valence-electron chi connectivity index (χ4n) is 1.72. The van der Waals surface area contributed by atoms with Crippen LogP contribution in [0.1, 0.15) is 17.2 Å². The van der Waals surface area contributed by atoms with E-state index in [9.17, 15) is 0 Å². The molecule has 2 rings (SSSR count). The minimum atomic E-state index is 0.331. The molecule has 0 aliphatic rings. The topological polar surface area (TPSA) is 38.9 Å². The first-order valence-corrected chi connectivity index (χ1v) is 6.86. The van der Waals surface area contributed by atoms with Crippen molar-refractivity contribution in [2.24, 2.45) is 5.73 Å². The Morgan fingerprint density at radius 3 is 2.81 bits per heavy atom. The molecule has 0 aliphatic carbocycles. The lowest BCUT2D eigenvalue weighted by molar-refractivity contribution is 0.682. The number of nitrogens with two attached hydrogens (primary N) is 1. The highest BCUT2D eigenvalue weighted by Crippen LogP contribution is 2.26. The van der Waals surface area contributed by atoms with E-state index >= 15 is 0 Å². The highest BCUT2D eigenvalue weighted by molar-refractivity contribution is 9.10. The highest BCUT2D eigenvalue weighted by Gasteiger charge is 2.14. The summed E-state index contributed by atoms with van der Waals surface area (Å²) in [5, 5.41) is 2.08. The van der Waals surface area contributed by atoms with Crippen molar-refractivity contribution in [1.82, 2.24) is 4.98 Å². The van der Waals surface area contributed by atoms with Gasteiger partial charge in [0.1, 0.15) is 0 Å². The van der Waals surface area contributed by atoms with Gasteiger partial charge in [-0.25, -0.2) is 4.98 Å². The van der Waals surface area contributed by atoms with Gasteiger partial charge in [-0.3, -0.25) is 0 Å². The monoisotopic (exact) mass is 296 g/mol. The maximum Gasteiger partial charge on any atom is 0.0794 e. The van der Waals surface area contributed by atoms with Crippen LogP contribution in [0.25, 0.3) is 0 Å². The molecule has 0 saturated carbocycles. The van der Waals surface area contributed by atoms with Crippen LogP contribution in [0.3, 0.4) is 0 Å². The number of benzene rings is 1. The van der Waals surface area contributed by atoms with Crippen LogP contribution in [-0.2, 0) is 6.42 Å². The summed E-state index contributed by atoms with van der Waals surface area (Å²) in [4.78, 5) is 4.31. The molecule has 2 nitrogen and oxygen atoms in total. The number of hydrogen-bond donors (Lipinski definition) is 1. The van der Waals surface area contributed by atoms with Crippen molar-refractivity contribution in [3.63, 3.8) is 0 Å². The Kier molecular flexibility index (Phi) is 4.09. The van der Waals surface area contributed by atoms with Gasteiger partial charge in [0.05, 0.1) is 11.2 Å². The highest BCUT2D eigenvalue weighted by atomic mass is 79.9. The molecule has 1 aromatic heterocycles. The quantitative estimate of drug-likeness (QED) is 0.941. The number of thiazole rings is 1. The van der Waals surface area contributed by atoms with Crippen LogP contribution in [-0.4, -0.2) is 11.5 Å². The average Bonchev–Trinajstić information content (AvgIpc) is 2.80. The zero-order valence-corrected chi connectivity index (χ0v) is 11.2. The fraction of sp³-hybridized carbons (Fsp3) is 0.250. The Labute approximate surface area is 108 Å². The second kappa shape index (κ2) is 5.57. The molecule has 0 bridgehead atoms. The Balaban J connectivity index is 2.20. The smallest absolute Gasteiger partial charge is 0.0794 e. The van der Waals surface area contributed by atoms with Crippen LogP contribution in [0.2, 0.25) is 0 Å². The van der Waals surface area contributed by atoms with E-state index in [0.29, 0.717) is 12.5 Å². The summed E-state index contributed by atoms with van der Waals surface area (Å²) < 4.78 is 1.13. The van der Waals surface area contributed by atoms with E-state index < -0.39 is 0 Å². The summed E-state index contributed by atoms with van der Waals surface area (Å²) >= 11 is 5.20. The molecule has 0 amide bonds. The van der Waals surface area contributed by atoms with Crippen molar-refractivity contribution in [2.45, 2.75) is 12.3 Å². The van der Waals surface area contributed by atoms with Gasteiger partial charge in [0.15, 0.2) is 0 Å². The number of halogens is 1. The van der Waals surface area contributed by atoms with Crippen molar-refractivity contribution in [1.29, 1.82) is 0 Å². The Morgan fingerprint density at radius 2 is 2.19 bits per heavy atom. The number of nitrogens with zero attached hydrogens (tertiary/aromatic N) is 1. The second-order valence-corrected chi connectivity index (χ2v) is 5.21. The van der Waals surface area contributed by atoms with E-state index in [0.717, 1.165) is 16.6 Å². The molecular weight excluding hydrogens is 284 g/mol. The van der Waals surface area contributed by atoms with Crippen LogP contribution in [0.5, 0.6) is 0 Å². The van der Waals surface area contributed by atoms with Gasteiger partial charge in [0.2, 0.25) is 0 Å². The molecule has 0 saturated heterocycles. The van der Waals surface area contributed by atoms with E-state index in [-0.39, 0.29) is 0 Å². The van der Waals surface area contributed by atoms with Gasteiger partial charge in [-0.15, -0.1) is 11.3 Å². The third-order valence-electron chi connectivity index (χ3n) is 2.57. The molecule has 0 aliphatic heterocycles. The van der Waals surface area contributed by atoms with Crippen LogP contribution in [0.4, 0.5) is 0 Å².